The Morgan fingerprint density at radius 1 is 1.15 bits per heavy atom. The lowest BCUT2D eigenvalue weighted by Crippen LogP contribution is -2.05. The van der Waals surface area contributed by atoms with Crippen molar-refractivity contribution in [3.63, 3.8) is 0 Å². The Morgan fingerprint density at radius 2 is 1.96 bits per heavy atom. The van der Waals surface area contributed by atoms with Crippen molar-refractivity contribution in [3.8, 4) is 28.8 Å². The quantitative estimate of drug-likeness (QED) is 0.643. The van der Waals surface area contributed by atoms with Gasteiger partial charge in [0.15, 0.2) is 11.5 Å². The summed E-state index contributed by atoms with van der Waals surface area (Å²) in [6, 6.07) is 10.7. The van der Waals surface area contributed by atoms with Gasteiger partial charge in [0.25, 0.3) is 0 Å². The molecule has 0 fully saturated rings. The normalized spacial score (nSPS) is 10.3. The van der Waals surface area contributed by atoms with E-state index in [4.69, 9.17) is 32.5 Å². The van der Waals surface area contributed by atoms with Crippen molar-refractivity contribution in [2.45, 2.75) is 6.61 Å². The summed E-state index contributed by atoms with van der Waals surface area (Å²) < 4.78 is 11.2. The molecule has 0 atom stereocenters. The summed E-state index contributed by atoms with van der Waals surface area (Å²) >= 11 is 5.78. The van der Waals surface area contributed by atoms with Crippen molar-refractivity contribution in [2.75, 3.05) is 18.6 Å². The van der Waals surface area contributed by atoms with E-state index in [1.165, 1.54) is 7.11 Å². The second-order valence-corrected chi connectivity index (χ2v) is 5.83. The molecule has 3 aromatic rings. The molecule has 0 unspecified atom stereocenters. The molecule has 27 heavy (non-hydrogen) atoms. The van der Waals surface area contributed by atoms with Crippen LogP contribution in [0.1, 0.15) is 11.1 Å². The molecule has 2 heterocycles. The average Bonchev–Trinajstić information content (AvgIpc) is 2.67. The van der Waals surface area contributed by atoms with Crippen molar-refractivity contribution in [1.29, 1.82) is 5.26 Å². The van der Waals surface area contributed by atoms with E-state index >= 15 is 0 Å². The molecule has 8 nitrogen and oxygen atoms in total. The van der Waals surface area contributed by atoms with Gasteiger partial charge >= 0.3 is 0 Å². The number of rotatable bonds is 5. The number of halogens is 1. The second-order valence-electron chi connectivity index (χ2n) is 5.45. The highest BCUT2D eigenvalue weighted by Gasteiger charge is 2.15. The fraction of sp³-hybridized carbons (Fsp3) is 0.111. The van der Waals surface area contributed by atoms with Gasteiger partial charge in [-0.3, -0.25) is 0 Å². The summed E-state index contributed by atoms with van der Waals surface area (Å²) in [5.41, 5.74) is 13.4. The number of nitriles is 1. The minimum Gasteiger partial charge on any atom is -0.493 e. The molecule has 9 heteroatoms. The van der Waals surface area contributed by atoms with E-state index < -0.39 is 0 Å². The molecule has 0 aliphatic carbocycles. The van der Waals surface area contributed by atoms with E-state index in [0.717, 1.165) is 5.56 Å². The fourth-order valence-electron chi connectivity index (χ4n) is 2.40. The smallest absolute Gasteiger partial charge is 0.222 e. The third-order valence-corrected chi connectivity index (χ3v) is 3.91. The maximum atomic E-state index is 9.34. The zero-order chi connectivity index (χ0) is 19.4. The molecule has 0 aliphatic heterocycles. The molecule has 2 aromatic heterocycles. The summed E-state index contributed by atoms with van der Waals surface area (Å²) in [5.74, 6) is 0.990. The number of benzene rings is 1. The summed E-state index contributed by atoms with van der Waals surface area (Å²) in [4.78, 5) is 11.9. The van der Waals surface area contributed by atoms with Gasteiger partial charge in [0.2, 0.25) is 5.95 Å². The highest BCUT2D eigenvalue weighted by atomic mass is 35.5. The van der Waals surface area contributed by atoms with Gasteiger partial charge in [-0.2, -0.15) is 10.2 Å². The highest BCUT2D eigenvalue weighted by Crippen LogP contribution is 2.34. The number of aromatic nitrogens is 3. The third kappa shape index (κ3) is 3.99. The number of ether oxygens (including phenoxy) is 2. The van der Waals surface area contributed by atoms with Crippen LogP contribution in [0.5, 0.6) is 11.5 Å². The van der Waals surface area contributed by atoms with E-state index in [9.17, 15) is 5.26 Å². The summed E-state index contributed by atoms with van der Waals surface area (Å²) in [5, 5.41) is 9.75. The SMILES string of the molecule is COc1cc(-c2nc(N)nc(N)c2C#N)ccc1OCc1ccc(Cl)nc1. The first kappa shape index (κ1) is 18.2. The summed E-state index contributed by atoms with van der Waals surface area (Å²) in [7, 11) is 1.52. The van der Waals surface area contributed by atoms with E-state index in [1.54, 1.807) is 30.5 Å². The minimum absolute atomic E-state index is 0.0176. The number of methoxy groups -OCH3 is 1. The van der Waals surface area contributed by atoms with Crippen LogP contribution < -0.4 is 20.9 Å². The molecule has 0 radical (unpaired) electrons. The first-order valence-electron chi connectivity index (χ1n) is 7.76. The molecule has 1 aromatic carbocycles. The number of nitrogen functional groups attached to an aromatic ring is 2. The molecule has 0 saturated carbocycles. The predicted molar refractivity (Wildman–Crippen MR) is 101 cm³/mol. The van der Waals surface area contributed by atoms with Crippen LogP contribution in [-0.2, 0) is 6.61 Å². The van der Waals surface area contributed by atoms with E-state index in [2.05, 4.69) is 15.0 Å². The van der Waals surface area contributed by atoms with Crippen molar-refractivity contribution in [1.82, 2.24) is 15.0 Å². The number of anilines is 2. The van der Waals surface area contributed by atoms with Crippen LogP contribution in [0, 0.1) is 11.3 Å². The maximum Gasteiger partial charge on any atom is 0.222 e. The van der Waals surface area contributed by atoms with Gasteiger partial charge in [-0.25, -0.2) is 9.97 Å². The molecular weight excluding hydrogens is 368 g/mol. The van der Waals surface area contributed by atoms with Crippen LogP contribution in [0.2, 0.25) is 5.15 Å². The third-order valence-electron chi connectivity index (χ3n) is 3.69. The number of hydrogen-bond donors (Lipinski definition) is 2. The van der Waals surface area contributed by atoms with Gasteiger partial charge < -0.3 is 20.9 Å². The van der Waals surface area contributed by atoms with Crippen LogP contribution in [0.25, 0.3) is 11.3 Å². The van der Waals surface area contributed by atoms with E-state index in [-0.39, 0.29) is 23.9 Å². The Hall–Kier alpha value is -3.57. The van der Waals surface area contributed by atoms with Crippen LogP contribution in [-0.4, -0.2) is 22.1 Å². The highest BCUT2D eigenvalue weighted by molar-refractivity contribution is 6.29. The largest absolute Gasteiger partial charge is 0.493 e. The summed E-state index contributed by atoms with van der Waals surface area (Å²) in [6.07, 6.45) is 1.63. The van der Waals surface area contributed by atoms with Crippen molar-refractivity contribution in [3.05, 3.63) is 52.8 Å². The van der Waals surface area contributed by atoms with Gasteiger partial charge in [-0.05, 0) is 24.3 Å². The first-order chi connectivity index (χ1) is 13.0. The van der Waals surface area contributed by atoms with E-state index in [1.807, 2.05) is 12.1 Å². The zero-order valence-electron chi connectivity index (χ0n) is 14.3. The van der Waals surface area contributed by atoms with Crippen LogP contribution in [0.4, 0.5) is 11.8 Å². The van der Waals surface area contributed by atoms with Crippen molar-refractivity contribution < 1.29 is 9.47 Å². The standard InChI is InChI=1S/C18H15ClN6O2/c1-26-14-6-11(16-12(7-20)17(21)25-18(22)24-16)3-4-13(14)27-9-10-2-5-15(19)23-8-10/h2-6,8H,9H2,1H3,(H4,21,22,24,25). The Labute approximate surface area is 160 Å². The Bertz CT molecular complexity index is 1020. The Morgan fingerprint density at radius 3 is 2.63 bits per heavy atom. The zero-order valence-corrected chi connectivity index (χ0v) is 15.1. The first-order valence-corrected chi connectivity index (χ1v) is 8.14. The molecule has 0 bridgehead atoms. The molecule has 4 N–H and O–H groups in total. The minimum atomic E-state index is -0.0176. The average molecular weight is 383 g/mol. The van der Waals surface area contributed by atoms with Crippen molar-refractivity contribution in [2.24, 2.45) is 0 Å². The lowest BCUT2D eigenvalue weighted by molar-refractivity contribution is 0.284. The topological polar surface area (TPSA) is 133 Å². The molecule has 0 amide bonds. The molecule has 3 rings (SSSR count). The van der Waals surface area contributed by atoms with Gasteiger partial charge in [0, 0.05) is 17.3 Å². The fourth-order valence-corrected chi connectivity index (χ4v) is 2.51. The molecule has 136 valence electrons. The van der Waals surface area contributed by atoms with Crippen molar-refractivity contribution >= 4 is 23.4 Å². The monoisotopic (exact) mass is 382 g/mol. The van der Waals surface area contributed by atoms with Gasteiger partial charge in [0.05, 0.1) is 12.8 Å². The molecule has 0 saturated heterocycles. The van der Waals surface area contributed by atoms with Crippen LogP contribution in [0.15, 0.2) is 36.5 Å². The lowest BCUT2D eigenvalue weighted by atomic mass is 10.1. The van der Waals surface area contributed by atoms with Gasteiger partial charge in [-0.1, -0.05) is 17.7 Å². The number of hydrogen-bond acceptors (Lipinski definition) is 8. The molecule has 0 spiro atoms. The lowest BCUT2D eigenvalue weighted by Gasteiger charge is -2.13. The Balaban J connectivity index is 1.91. The molecule has 0 aliphatic rings. The molecular formula is C18H15ClN6O2. The number of nitrogens with two attached hydrogens (primary N) is 2. The summed E-state index contributed by atoms with van der Waals surface area (Å²) in [6.45, 7) is 0.288. The maximum absolute atomic E-state index is 9.34. The van der Waals surface area contributed by atoms with Gasteiger partial charge in [-0.15, -0.1) is 0 Å². The second kappa shape index (κ2) is 7.76. The number of pyridine rings is 1. The predicted octanol–water partition coefficient (Wildman–Crippen LogP) is 2.82. The van der Waals surface area contributed by atoms with Gasteiger partial charge in [0.1, 0.15) is 29.2 Å². The van der Waals surface area contributed by atoms with E-state index in [0.29, 0.717) is 27.9 Å². The van der Waals surface area contributed by atoms with Crippen LogP contribution in [0.3, 0.4) is 0 Å². The number of nitrogens with zero attached hydrogens (tertiary/aromatic N) is 4. The van der Waals surface area contributed by atoms with Crippen LogP contribution >= 0.6 is 11.6 Å². The Kier molecular flexibility index (Phi) is 5.24.